The Balaban J connectivity index is 1.81. The maximum Gasteiger partial charge on any atom is 0.0463 e. The molecule has 0 radical (unpaired) electrons. The summed E-state index contributed by atoms with van der Waals surface area (Å²) in [5.41, 5.74) is 3.33. The fourth-order valence-corrected chi connectivity index (χ4v) is 3.31. The summed E-state index contributed by atoms with van der Waals surface area (Å²) in [5.74, 6) is 0. The SMILES string of the molecule is COCCCC1(NC2CC2)CCc2ccccc21. The van der Waals surface area contributed by atoms with Crippen LogP contribution in [0.5, 0.6) is 0 Å². The van der Waals surface area contributed by atoms with Crippen LogP contribution < -0.4 is 5.32 Å². The molecule has 1 unspecified atom stereocenters. The molecule has 2 aliphatic rings. The predicted molar refractivity (Wildman–Crippen MR) is 73.7 cm³/mol. The third-order valence-corrected chi connectivity index (χ3v) is 4.36. The van der Waals surface area contributed by atoms with Crippen LogP contribution in [-0.2, 0) is 16.7 Å². The van der Waals surface area contributed by atoms with E-state index in [2.05, 4.69) is 29.6 Å². The average molecular weight is 245 g/mol. The van der Waals surface area contributed by atoms with Gasteiger partial charge in [-0.3, -0.25) is 0 Å². The van der Waals surface area contributed by atoms with Gasteiger partial charge in [-0.25, -0.2) is 0 Å². The van der Waals surface area contributed by atoms with E-state index in [-0.39, 0.29) is 5.54 Å². The van der Waals surface area contributed by atoms with Crippen LogP contribution in [0.4, 0.5) is 0 Å². The second kappa shape index (κ2) is 5.02. The highest BCUT2D eigenvalue weighted by molar-refractivity contribution is 5.39. The standard InChI is InChI=1S/C16H23NO/c1-18-12-4-10-16(17-14-7-8-14)11-9-13-5-2-3-6-15(13)16/h2-3,5-6,14,17H,4,7-12H2,1H3. The predicted octanol–water partition coefficient (Wildman–Crippen LogP) is 3.01. The smallest absolute Gasteiger partial charge is 0.0463 e. The van der Waals surface area contributed by atoms with Crippen molar-refractivity contribution < 1.29 is 4.74 Å². The van der Waals surface area contributed by atoms with Gasteiger partial charge in [-0.1, -0.05) is 24.3 Å². The topological polar surface area (TPSA) is 21.3 Å². The molecule has 1 N–H and O–H groups in total. The minimum atomic E-state index is 0.232. The molecule has 0 heterocycles. The Morgan fingerprint density at radius 3 is 2.94 bits per heavy atom. The van der Waals surface area contributed by atoms with E-state index in [0.29, 0.717) is 0 Å². The minimum absolute atomic E-state index is 0.232. The van der Waals surface area contributed by atoms with Crippen LogP contribution in [-0.4, -0.2) is 19.8 Å². The molecule has 0 spiro atoms. The number of nitrogens with one attached hydrogen (secondary N) is 1. The lowest BCUT2D eigenvalue weighted by molar-refractivity contribution is 0.174. The van der Waals surface area contributed by atoms with Crippen LogP contribution in [0.15, 0.2) is 24.3 Å². The van der Waals surface area contributed by atoms with E-state index in [4.69, 9.17) is 4.74 Å². The van der Waals surface area contributed by atoms with Crippen LogP contribution in [0.25, 0.3) is 0 Å². The molecule has 1 fully saturated rings. The zero-order chi connectivity index (χ0) is 12.4. The molecule has 0 amide bonds. The highest BCUT2D eigenvalue weighted by Crippen LogP contribution is 2.42. The third kappa shape index (κ3) is 2.32. The van der Waals surface area contributed by atoms with Crippen LogP contribution in [0, 0.1) is 0 Å². The van der Waals surface area contributed by atoms with E-state index in [1.165, 1.54) is 32.1 Å². The van der Waals surface area contributed by atoms with Gasteiger partial charge in [-0.15, -0.1) is 0 Å². The first-order valence-electron chi connectivity index (χ1n) is 7.19. The van der Waals surface area contributed by atoms with Crippen LogP contribution in [0.1, 0.15) is 43.2 Å². The van der Waals surface area contributed by atoms with Gasteiger partial charge >= 0.3 is 0 Å². The van der Waals surface area contributed by atoms with E-state index >= 15 is 0 Å². The molecule has 0 bridgehead atoms. The number of aryl methyl sites for hydroxylation is 1. The average Bonchev–Trinajstić information content (AvgIpc) is 3.13. The summed E-state index contributed by atoms with van der Waals surface area (Å²) in [5, 5.41) is 3.93. The number of benzene rings is 1. The number of ether oxygens (including phenoxy) is 1. The minimum Gasteiger partial charge on any atom is -0.385 e. The van der Waals surface area contributed by atoms with Gasteiger partial charge in [0, 0.05) is 25.3 Å². The third-order valence-electron chi connectivity index (χ3n) is 4.36. The molecule has 18 heavy (non-hydrogen) atoms. The summed E-state index contributed by atoms with van der Waals surface area (Å²) in [6.45, 7) is 0.871. The van der Waals surface area contributed by atoms with E-state index in [1.54, 1.807) is 18.2 Å². The lowest BCUT2D eigenvalue weighted by Crippen LogP contribution is -2.42. The van der Waals surface area contributed by atoms with Crippen molar-refractivity contribution in [1.29, 1.82) is 0 Å². The van der Waals surface area contributed by atoms with Gasteiger partial charge in [-0.05, 0) is 49.7 Å². The number of rotatable bonds is 6. The first kappa shape index (κ1) is 12.2. The molecule has 1 aromatic carbocycles. The van der Waals surface area contributed by atoms with Crippen molar-refractivity contribution in [2.45, 2.75) is 50.1 Å². The summed E-state index contributed by atoms with van der Waals surface area (Å²) in [4.78, 5) is 0. The van der Waals surface area contributed by atoms with Crippen molar-refractivity contribution in [1.82, 2.24) is 5.32 Å². The Bertz CT molecular complexity index is 413. The summed E-state index contributed by atoms with van der Waals surface area (Å²) < 4.78 is 5.23. The molecule has 2 nitrogen and oxygen atoms in total. The molecule has 3 rings (SSSR count). The highest BCUT2D eigenvalue weighted by Gasteiger charge is 2.41. The molecule has 0 aromatic heterocycles. The quantitative estimate of drug-likeness (QED) is 0.778. The van der Waals surface area contributed by atoms with Gasteiger partial charge in [-0.2, -0.15) is 0 Å². The van der Waals surface area contributed by atoms with E-state index < -0.39 is 0 Å². The van der Waals surface area contributed by atoms with Gasteiger partial charge in [0.1, 0.15) is 0 Å². The molecular weight excluding hydrogens is 222 g/mol. The van der Waals surface area contributed by atoms with Gasteiger partial charge < -0.3 is 10.1 Å². The lowest BCUT2D eigenvalue weighted by Gasteiger charge is -2.32. The fourth-order valence-electron chi connectivity index (χ4n) is 3.31. The molecule has 2 aliphatic carbocycles. The van der Waals surface area contributed by atoms with Crippen molar-refractivity contribution in [2.75, 3.05) is 13.7 Å². The van der Waals surface area contributed by atoms with Crippen LogP contribution >= 0.6 is 0 Å². The Morgan fingerprint density at radius 1 is 1.33 bits per heavy atom. The van der Waals surface area contributed by atoms with Gasteiger partial charge in [0.15, 0.2) is 0 Å². The molecule has 98 valence electrons. The summed E-state index contributed by atoms with van der Waals surface area (Å²) in [6, 6.07) is 9.73. The van der Waals surface area contributed by atoms with Crippen molar-refractivity contribution in [2.24, 2.45) is 0 Å². The van der Waals surface area contributed by atoms with Crippen LogP contribution in [0.3, 0.4) is 0 Å². The number of hydrogen-bond acceptors (Lipinski definition) is 2. The molecular formula is C16H23NO. The number of fused-ring (bicyclic) bond motifs is 1. The molecule has 1 aromatic rings. The van der Waals surface area contributed by atoms with Gasteiger partial charge in [0.05, 0.1) is 0 Å². The van der Waals surface area contributed by atoms with Crippen LogP contribution in [0.2, 0.25) is 0 Å². The Morgan fingerprint density at radius 2 is 2.17 bits per heavy atom. The Labute approximate surface area is 110 Å². The molecule has 0 aliphatic heterocycles. The maximum atomic E-state index is 5.23. The fraction of sp³-hybridized carbons (Fsp3) is 0.625. The largest absolute Gasteiger partial charge is 0.385 e. The van der Waals surface area contributed by atoms with E-state index in [0.717, 1.165) is 19.1 Å². The van der Waals surface area contributed by atoms with Crippen molar-refractivity contribution >= 4 is 0 Å². The summed E-state index contributed by atoms with van der Waals surface area (Å²) in [7, 11) is 1.80. The van der Waals surface area contributed by atoms with E-state index in [9.17, 15) is 0 Å². The lowest BCUT2D eigenvalue weighted by atomic mass is 9.86. The zero-order valence-electron chi connectivity index (χ0n) is 11.2. The molecule has 1 saturated carbocycles. The molecule has 2 heteroatoms. The Kier molecular flexibility index (Phi) is 3.40. The van der Waals surface area contributed by atoms with Crippen molar-refractivity contribution in [3.05, 3.63) is 35.4 Å². The summed E-state index contributed by atoms with van der Waals surface area (Å²) >= 11 is 0. The number of methoxy groups -OCH3 is 1. The zero-order valence-corrected chi connectivity index (χ0v) is 11.2. The first-order valence-corrected chi connectivity index (χ1v) is 7.19. The molecule has 0 saturated heterocycles. The number of hydrogen-bond donors (Lipinski definition) is 1. The first-order chi connectivity index (χ1) is 8.84. The van der Waals surface area contributed by atoms with E-state index in [1.807, 2.05) is 0 Å². The summed E-state index contributed by atoms with van der Waals surface area (Å²) in [6.07, 6.45) is 7.54. The monoisotopic (exact) mass is 245 g/mol. The normalized spacial score (nSPS) is 26.3. The highest BCUT2D eigenvalue weighted by atomic mass is 16.5. The van der Waals surface area contributed by atoms with Gasteiger partial charge in [0.25, 0.3) is 0 Å². The van der Waals surface area contributed by atoms with Crippen molar-refractivity contribution in [3.8, 4) is 0 Å². The van der Waals surface area contributed by atoms with Crippen molar-refractivity contribution in [3.63, 3.8) is 0 Å². The second-order valence-corrected chi connectivity index (χ2v) is 5.75. The molecule has 1 atom stereocenters. The Hall–Kier alpha value is -0.860. The van der Waals surface area contributed by atoms with Gasteiger partial charge in [0.2, 0.25) is 0 Å². The maximum absolute atomic E-state index is 5.23. The second-order valence-electron chi connectivity index (χ2n) is 5.75.